The molecular formula is C18H21NO. The van der Waals surface area contributed by atoms with E-state index in [1.54, 1.807) is 0 Å². The number of unbranched alkanes of at least 4 members (excludes halogenated alkanes) is 1. The van der Waals surface area contributed by atoms with Gasteiger partial charge in [-0.05, 0) is 36.5 Å². The van der Waals surface area contributed by atoms with Gasteiger partial charge in [0.2, 0.25) is 0 Å². The molecule has 1 N–H and O–H groups in total. The second-order valence-electron chi connectivity index (χ2n) is 4.83. The SMILES string of the molecule is OCC=CCCCC(c1ccccc1)c1cccnc1. The van der Waals surface area contributed by atoms with E-state index in [2.05, 4.69) is 35.3 Å². The van der Waals surface area contributed by atoms with Crippen molar-refractivity contribution < 1.29 is 5.11 Å². The first-order chi connectivity index (χ1) is 9.92. The summed E-state index contributed by atoms with van der Waals surface area (Å²) in [6.07, 6.45) is 10.8. The summed E-state index contributed by atoms with van der Waals surface area (Å²) in [4.78, 5) is 4.24. The number of aromatic nitrogens is 1. The molecule has 1 aromatic heterocycles. The van der Waals surface area contributed by atoms with E-state index in [9.17, 15) is 0 Å². The zero-order valence-electron chi connectivity index (χ0n) is 11.7. The van der Waals surface area contributed by atoms with E-state index in [-0.39, 0.29) is 6.61 Å². The van der Waals surface area contributed by atoms with Gasteiger partial charge in [0, 0.05) is 18.3 Å². The first-order valence-corrected chi connectivity index (χ1v) is 7.12. The molecule has 1 aromatic carbocycles. The van der Waals surface area contributed by atoms with E-state index >= 15 is 0 Å². The Labute approximate surface area is 120 Å². The summed E-state index contributed by atoms with van der Waals surface area (Å²) in [7, 11) is 0. The molecule has 2 aromatic rings. The van der Waals surface area contributed by atoms with Crippen molar-refractivity contribution in [1.29, 1.82) is 0 Å². The van der Waals surface area contributed by atoms with Crippen molar-refractivity contribution in [2.24, 2.45) is 0 Å². The maximum atomic E-state index is 8.74. The largest absolute Gasteiger partial charge is 0.392 e. The maximum Gasteiger partial charge on any atom is 0.0612 e. The van der Waals surface area contributed by atoms with Crippen LogP contribution in [0.5, 0.6) is 0 Å². The third-order valence-electron chi connectivity index (χ3n) is 3.42. The summed E-state index contributed by atoms with van der Waals surface area (Å²) in [5.74, 6) is 0.396. The molecule has 0 aliphatic carbocycles. The van der Waals surface area contributed by atoms with E-state index in [4.69, 9.17) is 5.11 Å². The first-order valence-electron chi connectivity index (χ1n) is 7.12. The molecule has 0 bridgehead atoms. The van der Waals surface area contributed by atoms with Crippen LogP contribution in [0.1, 0.15) is 36.3 Å². The topological polar surface area (TPSA) is 33.1 Å². The Hall–Kier alpha value is -1.93. The van der Waals surface area contributed by atoms with Gasteiger partial charge < -0.3 is 5.11 Å². The van der Waals surface area contributed by atoms with Crippen LogP contribution in [-0.2, 0) is 0 Å². The molecule has 20 heavy (non-hydrogen) atoms. The Morgan fingerprint density at radius 3 is 2.50 bits per heavy atom. The van der Waals surface area contributed by atoms with Crippen LogP contribution in [0.3, 0.4) is 0 Å². The fourth-order valence-corrected chi connectivity index (χ4v) is 2.43. The monoisotopic (exact) mass is 267 g/mol. The van der Waals surface area contributed by atoms with E-state index < -0.39 is 0 Å². The lowest BCUT2D eigenvalue weighted by atomic mass is 9.88. The van der Waals surface area contributed by atoms with Gasteiger partial charge in [0.25, 0.3) is 0 Å². The number of allylic oxidation sites excluding steroid dienone is 1. The minimum Gasteiger partial charge on any atom is -0.392 e. The Morgan fingerprint density at radius 1 is 1.00 bits per heavy atom. The zero-order chi connectivity index (χ0) is 14.0. The quantitative estimate of drug-likeness (QED) is 0.609. The maximum absolute atomic E-state index is 8.74. The molecule has 0 saturated heterocycles. The number of aliphatic hydroxyl groups excluding tert-OH is 1. The second-order valence-corrected chi connectivity index (χ2v) is 4.83. The molecule has 2 nitrogen and oxygen atoms in total. The summed E-state index contributed by atoms with van der Waals surface area (Å²) in [5, 5.41) is 8.74. The molecule has 104 valence electrons. The lowest BCUT2D eigenvalue weighted by Crippen LogP contribution is -2.01. The van der Waals surface area contributed by atoms with Crippen molar-refractivity contribution >= 4 is 0 Å². The number of benzene rings is 1. The minimum atomic E-state index is 0.130. The molecule has 2 heteroatoms. The minimum absolute atomic E-state index is 0.130. The van der Waals surface area contributed by atoms with Gasteiger partial charge in [-0.25, -0.2) is 0 Å². The molecule has 0 aliphatic rings. The van der Waals surface area contributed by atoms with E-state index in [0.29, 0.717) is 5.92 Å². The molecule has 1 heterocycles. The molecular weight excluding hydrogens is 246 g/mol. The average Bonchev–Trinajstić information content (AvgIpc) is 2.53. The van der Waals surface area contributed by atoms with Gasteiger partial charge in [-0.3, -0.25) is 4.98 Å². The number of nitrogens with zero attached hydrogens (tertiary/aromatic N) is 1. The van der Waals surface area contributed by atoms with Crippen LogP contribution in [0.25, 0.3) is 0 Å². The van der Waals surface area contributed by atoms with Crippen molar-refractivity contribution in [3.63, 3.8) is 0 Å². The van der Waals surface area contributed by atoms with E-state index in [1.807, 2.05) is 36.7 Å². The van der Waals surface area contributed by atoms with Gasteiger partial charge in [-0.1, -0.05) is 48.6 Å². The lowest BCUT2D eigenvalue weighted by Gasteiger charge is -2.17. The van der Waals surface area contributed by atoms with Crippen molar-refractivity contribution in [2.45, 2.75) is 25.2 Å². The Bertz CT molecular complexity index is 468. The molecule has 1 atom stereocenters. The summed E-state index contributed by atoms with van der Waals surface area (Å²) in [6, 6.07) is 14.7. The summed E-state index contributed by atoms with van der Waals surface area (Å²) < 4.78 is 0. The van der Waals surface area contributed by atoms with Crippen molar-refractivity contribution in [2.75, 3.05) is 6.61 Å². The first kappa shape index (κ1) is 14.5. The van der Waals surface area contributed by atoms with Gasteiger partial charge in [0.1, 0.15) is 0 Å². The number of pyridine rings is 1. The third-order valence-corrected chi connectivity index (χ3v) is 3.42. The van der Waals surface area contributed by atoms with Crippen molar-refractivity contribution in [3.05, 3.63) is 78.1 Å². The van der Waals surface area contributed by atoms with Crippen LogP contribution >= 0.6 is 0 Å². The predicted molar refractivity (Wildman–Crippen MR) is 82.6 cm³/mol. The fraction of sp³-hybridized carbons (Fsp3) is 0.278. The molecule has 1 unspecified atom stereocenters. The molecule has 0 fully saturated rings. The second kappa shape index (κ2) is 8.28. The van der Waals surface area contributed by atoms with Gasteiger partial charge in [0.15, 0.2) is 0 Å². The number of aliphatic hydroxyl groups is 1. The molecule has 0 amide bonds. The highest BCUT2D eigenvalue weighted by Gasteiger charge is 2.13. The summed E-state index contributed by atoms with van der Waals surface area (Å²) in [5.41, 5.74) is 2.61. The predicted octanol–water partition coefficient (Wildman–Crippen LogP) is 3.93. The van der Waals surface area contributed by atoms with E-state index in [1.165, 1.54) is 11.1 Å². The standard InChI is InChI=1S/C18H21NO/c20-14-7-2-1-6-12-18(16-9-4-3-5-10-16)17-11-8-13-19-15-17/h2-5,7-11,13,15,18,20H,1,6,12,14H2. The van der Waals surface area contributed by atoms with Crippen molar-refractivity contribution in [1.82, 2.24) is 4.98 Å². The highest BCUT2D eigenvalue weighted by Crippen LogP contribution is 2.29. The number of hydrogen-bond acceptors (Lipinski definition) is 2. The van der Waals surface area contributed by atoms with Gasteiger partial charge in [-0.15, -0.1) is 0 Å². The molecule has 0 aliphatic heterocycles. The van der Waals surface area contributed by atoms with Crippen LogP contribution in [0.4, 0.5) is 0 Å². The Balaban J connectivity index is 2.07. The Kier molecular flexibility index (Phi) is 6.00. The highest BCUT2D eigenvalue weighted by atomic mass is 16.2. The van der Waals surface area contributed by atoms with Gasteiger partial charge in [0.05, 0.1) is 6.61 Å². The summed E-state index contributed by atoms with van der Waals surface area (Å²) in [6.45, 7) is 0.130. The van der Waals surface area contributed by atoms with Crippen LogP contribution in [0, 0.1) is 0 Å². The van der Waals surface area contributed by atoms with Crippen LogP contribution in [-0.4, -0.2) is 16.7 Å². The number of hydrogen-bond donors (Lipinski definition) is 1. The average molecular weight is 267 g/mol. The smallest absolute Gasteiger partial charge is 0.0612 e. The van der Waals surface area contributed by atoms with Crippen LogP contribution < -0.4 is 0 Å². The fourth-order valence-electron chi connectivity index (χ4n) is 2.43. The number of rotatable bonds is 7. The molecule has 2 rings (SSSR count). The van der Waals surface area contributed by atoms with Crippen LogP contribution in [0.15, 0.2) is 67.0 Å². The molecule has 0 saturated carbocycles. The summed E-state index contributed by atoms with van der Waals surface area (Å²) >= 11 is 0. The normalized spacial score (nSPS) is 12.7. The van der Waals surface area contributed by atoms with Gasteiger partial charge in [-0.2, -0.15) is 0 Å². The van der Waals surface area contributed by atoms with Crippen LogP contribution in [0.2, 0.25) is 0 Å². The lowest BCUT2D eigenvalue weighted by molar-refractivity contribution is 0.342. The van der Waals surface area contributed by atoms with E-state index in [0.717, 1.165) is 19.3 Å². The highest BCUT2D eigenvalue weighted by molar-refractivity contribution is 5.30. The van der Waals surface area contributed by atoms with Crippen molar-refractivity contribution in [3.8, 4) is 0 Å². The molecule has 0 spiro atoms. The zero-order valence-corrected chi connectivity index (χ0v) is 11.7. The third kappa shape index (κ3) is 4.32. The molecule has 0 radical (unpaired) electrons. The van der Waals surface area contributed by atoms with Gasteiger partial charge >= 0.3 is 0 Å². The Morgan fingerprint density at radius 2 is 1.80 bits per heavy atom.